The van der Waals surface area contributed by atoms with Crippen LogP contribution >= 0.6 is 0 Å². The first kappa shape index (κ1) is 11.2. The van der Waals surface area contributed by atoms with E-state index in [-0.39, 0.29) is 5.41 Å². The molecule has 1 atom stereocenters. The van der Waals surface area contributed by atoms with E-state index in [2.05, 4.69) is 43.2 Å². The van der Waals surface area contributed by atoms with Gasteiger partial charge in [-0.05, 0) is 25.5 Å². The van der Waals surface area contributed by atoms with E-state index in [1.807, 2.05) is 19.5 Å². The van der Waals surface area contributed by atoms with Crippen LogP contribution < -0.4 is 5.32 Å². The fraction of sp³-hybridized carbons (Fsp3) is 0.583. The predicted octanol–water partition coefficient (Wildman–Crippen LogP) is 2.39. The molecular weight excluding hydrogens is 172 g/mol. The second-order valence-corrected chi connectivity index (χ2v) is 4.43. The lowest BCUT2D eigenvalue weighted by atomic mass is 9.90. The van der Waals surface area contributed by atoms with E-state index in [1.54, 1.807) is 0 Å². The molecule has 0 radical (unpaired) electrons. The molecule has 0 saturated carbocycles. The summed E-state index contributed by atoms with van der Waals surface area (Å²) in [5, 5.41) is 3.18. The van der Waals surface area contributed by atoms with Gasteiger partial charge >= 0.3 is 0 Å². The van der Waals surface area contributed by atoms with Gasteiger partial charge in [0.15, 0.2) is 0 Å². The van der Waals surface area contributed by atoms with Crippen LogP contribution in [0.3, 0.4) is 0 Å². The molecule has 78 valence electrons. The van der Waals surface area contributed by atoms with Crippen LogP contribution in [0.25, 0.3) is 0 Å². The minimum absolute atomic E-state index is 0.0435. The first-order valence-electron chi connectivity index (χ1n) is 5.15. The molecule has 1 rings (SSSR count). The number of hydrogen-bond acceptors (Lipinski definition) is 2. The SMILES string of the molecule is CNCC1(C)C=CC(C(C)C)=CN=C1. The van der Waals surface area contributed by atoms with Gasteiger partial charge < -0.3 is 5.32 Å². The molecule has 1 aliphatic heterocycles. The molecule has 1 aliphatic rings. The Morgan fingerprint density at radius 1 is 1.50 bits per heavy atom. The normalized spacial score (nSPS) is 26.5. The van der Waals surface area contributed by atoms with Gasteiger partial charge in [0.1, 0.15) is 0 Å². The van der Waals surface area contributed by atoms with E-state index in [1.165, 1.54) is 5.57 Å². The number of nitrogens with zero attached hydrogens (tertiary/aromatic N) is 1. The van der Waals surface area contributed by atoms with Crippen LogP contribution in [0.4, 0.5) is 0 Å². The summed E-state index contributed by atoms with van der Waals surface area (Å²) in [4.78, 5) is 4.36. The minimum atomic E-state index is 0.0435. The summed E-state index contributed by atoms with van der Waals surface area (Å²) in [6, 6.07) is 0. The van der Waals surface area contributed by atoms with Crippen LogP contribution in [0.15, 0.2) is 28.9 Å². The average Bonchev–Trinajstić information content (AvgIpc) is 2.28. The highest BCUT2D eigenvalue weighted by molar-refractivity contribution is 5.70. The molecule has 2 heteroatoms. The number of nitrogens with one attached hydrogen (secondary N) is 1. The highest BCUT2D eigenvalue weighted by Crippen LogP contribution is 2.21. The predicted molar refractivity (Wildman–Crippen MR) is 62.6 cm³/mol. The maximum absolute atomic E-state index is 4.36. The largest absolute Gasteiger partial charge is 0.319 e. The summed E-state index contributed by atoms with van der Waals surface area (Å²) in [5.41, 5.74) is 1.34. The van der Waals surface area contributed by atoms with Crippen molar-refractivity contribution in [2.45, 2.75) is 20.8 Å². The Labute approximate surface area is 86.8 Å². The van der Waals surface area contributed by atoms with Gasteiger partial charge in [-0.1, -0.05) is 26.0 Å². The molecular formula is C12H20N2. The minimum Gasteiger partial charge on any atom is -0.319 e. The summed E-state index contributed by atoms with van der Waals surface area (Å²) in [6.45, 7) is 7.48. The Hall–Kier alpha value is -0.890. The number of rotatable bonds is 3. The maximum atomic E-state index is 4.36. The molecule has 1 heterocycles. The van der Waals surface area contributed by atoms with E-state index >= 15 is 0 Å². The highest BCUT2D eigenvalue weighted by Gasteiger charge is 2.18. The van der Waals surface area contributed by atoms with Crippen molar-refractivity contribution in [3.05, 3.63) is 23.9 Å². The third-order valence-corrected chi connectivity index (χ3v) is 2.47. The van der Waals surface area contributed by atoms with Crippen molar-refractivity contribution in [2.75, 3.05) is 13.6 Å². The highest BCUT2D eigenvalue weighted by atomic mass is 14.8. The Bertz CT molecular complexity index is 274. The Morgan fingerprint density at radius 2 is 2.21 bits per heavy atom. The molecule has 0 aliphatic carbocycles. The molecule has 0 spiro atoms. The molecule has 2 nitrogen and oxygen atoms in total. The van der Waals surface area contributed by atoms with Gasteiger partial charge in [-0.25, -0.2) is 0 Å². The van der Waals surface area contributed by atoms with Gasteiger partial charge in [0.25, 0.3) is 0 Å². The number of aliphatic imine (C=N–C) groups is 1. The lowest BCUT2D eigenvalue weighted by molar-refractivity contribution is 0.561. The van der Waals surface area contributed by atoms with E-state index in [0.717, 1.165) is 6.54 Å². The van der Waals surface area contributed by atoms with Crippen molar-refractivity contribution in [3.8, 4) is 0 Å². The van der Waals surface area contributed by atoms with Crippen molar-refractivity contribution >= 4 is 6.21 Å². The van der Waals surface area contributed by atoms with Crippen LogP contribution in [0.5, 0.6) is 0 Å². The summed E-state index contributed by atoms with van der Waals surface area (Å²) < 4.78 is 0. The molecule has 0 amide bonds. The molecule has 0 bridgehead atoms. The number of hydrogen-bond donors (Lipinski definition) is 1. The maximum Gasteiger partial charge on any atom is 0.0335 e. The smallest absolute Gasteiger partial charge is 0.0335 e. The lowest BCUT2D eigenvalue weighted by Crippen LogP contribution is -2.28. The van der Waals surface area contributed by atoms with E-state index < -0.39 is 0 Å². The zero-order valence-electron chi connectivity index (χ0n) is 9.54. The third-order valence-electron chi connectivity index (χ3n) is 2.47. The Morgan fingerprint density at radius 3 is 2.79 bits per heavy atom. The Kier molecular flexibility index (Phi) is 3.64. The molecule has 0 aromatic rings. The zero-order valence-corrected chi connectivity index (χ0v) is 9.54. The average molecular weight is 192 g/mol. The standard InChI is InChI=1S/C12H20N2/c1-10(2)11-5-6-12(3,8-13-4)9-14-7-11/h5-7,9-10,13H,8H2,1-4H3. The van der Waals surface area contributed by atoms with Gasteiger partial charge in [-0.3, -0.25) is 4.99 Å². The van der Waals surface area contributed by atoms with Crippen LogP contribution in [0, 0.1) is 11.3 Å². The summed E-state index contributed by atoms with van der Waals surface area (Å²) in [6.07, 6.45) is 8.39. The van der Waals surface area contributed by atoms with Gasteiger partial charge in [0.2, 0.25) is 0 Å². The lowest BCUT2D eigenvalue weighted by Gasteiger charge is -2.19. The number of allylic oxidation sites excluding steroid dienone is 2. The van der Waals surface area contributed by atoms with Crippen molar-refractivity contribution < 1.29 is 0 Å². The van der Waals surface area contributed by atoms with Crippen LogP contribution in [-0.2, 0) is 0 Å². The topological polar surface area (TPSA) is 24.4 Å². The van der Waals surface area contributed by atoms with Crippen LogP contribution in [0.1, 0.15) is 20.8 Å². The van der Waals surface area contributed by atoms with Crippen LogP contribution in [-0.4, -0.2) is 19.8 Å². The summed E-state index contributed by atoms with van der Waals surface area (Å²) in [5.74, 6) is 0.542. The quantitative estimate of drug-likeness (QED) is 0.729. The fourth-order valence-corrected chi connectivity index (χ4v) is 1.49. The molecule has 1 N–H and O–H groups in total. The fourth-order valence-electron chi connectivity index (χ4n) is 1.49. The molecule has 1 unspecified atom stereocenters. The van der Waals surface area contributed by atoms with E-state index in [9.17, 15) is 0 Å². The van der Waals surface area contributed by atoms with E-state index in [4.69, 9.17) is 0 Å². The van der Waals surface area contributed by atoms with Gasteiger partial charge in [0, 0.05) is 24.4 Å². The molecule has 0 aromatic carbocycles. The molecule has 0 saturated heterocycles. The summed E-state index contributed by atoms with van der Waals surface area (Å²) in [7, 11) is 1.97. The first-order valence-corrected chi connectivity index (χ1v) is 5.15. The monoisotopic (exact) mass is 192 g/mol. The van der Waals surface area contributed by atoms with E-state index in [0.29, 0.717) is 5.92 Å². The van der Waals surface area contributed by atoms with Crippen molar-refractivity contribution in [1.29, 1.82) is 0 Å². The molecule has 14 heavy (non-hydrogen) atoms. The summed E-state index contributed by atoms with van der Waals surface area (Å²) >= 11 is 0. The van der Waals surface area contributed by atoms with Crippen LogP contribution in [0.2, 0.25) is 0 Å². The third kappa shape index (κ3) is 2.81. The molecule has 0 aromatic heterocycles. The first-order chi connectivity index (χ1) is 6.57. The molecule has 0 fully saturated rings. The van der Waals surface area contributed by atoms with Crippen molar-refractivity contribution in [3.63, 3.8) is 0 Å². The van der Waals surface area contributed by atoms with Crippen molar-refractivity contribution in [1.82, 2.24) is 5.32 Å². The zero-order chi connectivity index (χ0) is 10.6. The van der Waals surface area contributed by atoms with Gasteiger partial charge in [0.05, 0.1) is 0 Å². The second-order valence-electron chi connectivity index (χ2n) is 4.43. The second kappa shape index (κ2) is 4.56. The van der Waals surface area contributed by atoms with Crippen molar-refractivity contribution in [2.24, 2.45) is 16.3 Å². The Balaban J connectivity index is 2.81. The van der Waals surface area contributed by atoms with Gasteiger partial charge in [-0.15, -0.1) is 0 Å². The van der Waals surface area contributed by atoms with Gasteiger partial charge in [-0.2, -0.15) is 0 Å².